The number of allylic oxidation sites excluding steroid dienone is 1. The Labute approximate surface area is 249 Å². The molecule has 5 rings (SSSR count). The number of rotatable bonds is 10. The molecule has 2 fully saturated rings. The lowest BCUT2D eigenvalue weighted by Gasteiger charge is -2.37. The third kappa shape index (κ3) is 8.06. The van der Waals surface area contributed by atoms with E-state index in [-0.39, 0.29) is 0 Å². The first-order valence-electron chi connectivity index (χ1n) is 14.6. The zero-order chi connectivity index (χ0) is 28.4. The number of amidine groups is 1. The molecule has 1 aromatic heterocycles. The minimum Gasteiger partial charge on any atom is -0.384 e. The number of aliphatic imine (C=N–C) groups is 2. The van der Waals surface area contributed by atoms with Crippen molar-refractivity contribution >= 4 is 46.4 Å². The maximum Gasteiger partial charge on any atom is 0.126 e. The lowest BCUT2D eigenvalue weighted by Crippen LogP contribution is -2.49. The molecular formula is C32H41ClN8. The molecule has 0 bridgehead atoms. The second-order valence-corrected chi connectivity index (χ2v) is 11.1. The van der Waals surface area contributed by atoms with E-state index in [1.165, 1.54) is 5.69 Å². The van der Waals surface area contributed by atoms with Crippen molar-refractivity contribution in [2.75, 3.05) is 82.3 Å². The molecule has 9 heteroatoms. The van der Waals surface area contributed by atoms with Crippen LogP contribution >= 0.6 is 11.6 Å². The topological polar surface area (TPSA) is 62.6 Å². The second kappa shape index (κ2) is 14.4. The van der Waals surface area contributed by atoms with Gasteiger partial charge >= 0.3 is 0 Å². The van der Waals surface area contributed by atoms with Crippen molar-refractivity contribution in [3.05, 3.63) is 77.6 Å². The van der Waals surface area contributed by atoms with Crippen molar-refractivity contribution in [3.8, 4) is 0 Å². The third-order valence-corrected chi connectivity index (χ3v) is 8.12. The van der Waals surface area contributed by atoms with Gasteiger partial charge < -0.3 is 15.1 Å². The Morgan fingerprint density at radius 1 is 0.976 bits per heavy atom. The number of pyridine rings is 1. The minimum atomic E-state index is 0.709. The monoisotopic (exact) mass is 572 g/mol. The largest absolute Gasteiger partial charge is 0.384 e. The van der Waals surface area contributed by atoms with Gasteiger partial charge in [-0.25, -0.2) is 0 Å². The molecule has 0 spiro atoms. The standard InChI is InChI=1S/C32H41ClN8/c1-26(34-2)23-32(37-25-39-17-19-40(20-18-39)28-7-4-3-5-8-28)41-21-15-38(16-22-41)14-6-12-35-30-11-13-36-31-24-27(33)9-10-29(30)31/h3-5,7-11,13,23-24H,2,6,12,14-22,25H2,1H3,(H,35,36)/b26-23-,37-32+. The molecular weight excluding hydrogens is 532 g/mol. The van der Waals surface area contributed by atoms with Crippen LogP contribution in [0.15, 0.2) is 82.6 Å². The number of halogens is 1. The molecule has 0 atom stereocenters. The molecule has 0 saturated carbocycles. The lowest BCUT2D eigenvalue weighted by atomic mass is 10.2. The van der Waals surface area contributed by atoms with Crippen molar-refractivity contribution in [1.82, 2.24) is 19.7 Å². The van der Waals surface area contributed by atoms with Crippen molar-refractivity contribution in [2.24, 2.45) is 9.98 Å². The molecule has 2 aromatic carbocycles. The first-order valence-corrected chi connectivity index (χ1v) is 14.9. The quantitative estimate of drug-likeness (QED) is 0.207. The van der Waals surface area contributed by atoms with E-state index >= 15 is 0 Å². The van der Waals surface area contributed by atoms with Crippen LogP contribution in [0.3, 0.4) is 0 Å². The van der Waals surface area contributed by atoms with Crippen molar-refractivity contribution in [2.45, 2.75) is 13.3 Å². The second-order valence-electron chi connectivity index (χ2n) is 10.7. The number of anilines is 2. The van der Waals surface area contributed by atoms with Crippen LogP contribution in [-0.2, 0) is 0 Å². The van der Waals surface area contributed by atoms with Crippen molar-refractivity contribution in [1.29, 1.82) is 0 Å². The minimum absolute atomic E-state index is 0.709. The Morgan fingerprint density at radius 3 is 2.49 bits per heavy atom. The number of hydrogen-bond acceptors (Lipinski definition) is 7. The van der Waals surface area contributed by atoms with E-state index in [1.807, 2.05) is 37.4 Å². The average Bonchev–Trinajstić information content (AvgIpc) is 3.02. The Kier molecular flexibility index (Phi) is 10.2. The highest BCUT2D eigenvalue weighted by Crippen LogP contribution is 2.24. The molecule has 2 aliphatic rings. The fourth-order valence-electron chi connectivity index (χ4n) is 5.43. The molecule has 0 amide bonds. The molecule has 0 aliphatic carbocycles. The number of hydrogen-bond donors (Lipinski definition) is 1. The van der Waals surface area contributed by atoms with Crippen molar-refractivity contribution in [3.63, 3.8) is 0 Å². The number of nitrogens with one attached hydrogen (secondary N) is 1. The molecule has 41 heavy (non-hydrogen) atoms. The molecule has 2 saturated heterocycles. The van der Waals surface area contributed by atoms with Crippen LogP contribution < -0.4 is 10.2 Å². The van der Waals surface area contributed by atoms with Crippen LogP contribution in [0.2, 0.25) is 5.02 Å². The molecule has 8 nitrogen and oxygen atoms in total. The summed E-state index contributed by atoms with van der Waals surface area (Å²) in [6, 6.07) is 18.6. The Bertz CT molecular complexity index is 1340. The predicted octanol–water partition coefficient (Wildman–Crippen LogP) is 5.09. The molecule has 1 N–H and O–H groups in total. The van der Waals surface area contributed by atoms with Gasteiger partial charge in [-0.3, -0.25) is 24.8 Å². The lowest BCUT2D eigenvalue weighted by molar-refractivity contribution is 0.181. The van der Waals surface area contributed by atoms with E-state index in [0.29, 0.717) is 11.7 Å². The summed E-state index contributed by atoms with van der Waals surface area (Å²) in [5.74, 6) is 1.02. The molecule has 2 aliphatic heterocycles. The van der Waals surface area contributed by atoms with Gasteiger partial charge in [0.1, 0.15) is 5.84 Å². The van der Waals surface area contributed by atoms with E-state index in [0.717, 1.165) is 100.0 Å². The number of para-hydroxylation sites is 1. The van der Waals surface area contributed by atoms with Gasteiger partial charge in [0, 0.05) is 98.7 Å². The van der Waals surface area contributed by atoms with Gasteiger partial charge in [0.05, 0.1) is 12.2 Å². The van der Waals surface area contributed by atoms with Crippen LogP contribution in [0, 0.1) is 0 Å². The Balaban J connectivity index is 1.08. The zero-order valence-electron chi connectivity index (χ0n) is 24.1. The van der Waals surface area contributed by atoms with Crippen molar-refractivity contribution < 1.29 is 0 Å². The third-order valence-electron chi connectivity index (χ3n) is 7.88. The zero-order valence-corrected chi connectivity index (χ0v) is 24.8. The first kappa shape index (κ1) is 29.0. The summed E-state index contributed by atoms with van der Waals surface area (Å²) in [6.07, 6.45) is 4.99. The van der Waals surface area contributed by atoms with Crippen LogP contribution in [0.1, 0.15) is 13.3 Å². The van der Waals surface area contributed by atoms with E-state index < -0.39 is 0 Å². The van der Waals surface area contributed by atoms with Crippen LogP contribution in [0.25, 0.3) is 10.9 Å². The Morgan fingerprint density at radius 2 is 1.73 bits per heavy atom. The fraction of sp³-hybridized carbons (Fsp3) is 0.406. The highest BCUT2D eigenvalue weighted by molar-refractivity contribution is 6.31. The van der Waals surface area contributed by atoms with Crippen LogP contribution in [0.4, 0.5) is 11.4 Å². The van der Waals surface area contributed by atoms with Gasteiger partial charge in [-0.2, -0.15) is 0 Å². The summed E-state index contributed by atoms with van der Waals surface area (Å²) >= 11 is 6.13. The fourth-order valence-corrected chi connectivity index (χ4v) is 5.60. The maximum absolute atomic E-state index is 6.13. The summed E-state index contributed by atoms with van der Waals surface area (Å²) < 4.78 is 0. The Hall–Kier alpha value is -3.46. The molecule has 0 radical (unpaired) electrons. The molecule has 3 heterocycles. The number of fused-ring (bicyclic) bond motifs is 1. The van der Waals surface area contributed by atoms with E-state index in [2.05, 4.69) is 78.0 Å². The SMILES string of the molecule is C=N/C(C)=C\C(=N/CN1CCN(c2ccccc2)CC1)N1CCN(CCCNc2ccnc3cc(Cl)ccc23)CC1. The highest BCUT2D eigenvalue weighted by Gasteiger charge is 2.20. The van der Waals surface area contributed by atoms with E-state index in [9.17, 15) is 0 Å². The van der Waals surface area contributed by atoms with Gasteiger partial charge in [0.15, 0.2) is 0 Å². The summed E-state index contributed by atoms with van der Waals surface area (Å²) in [4.78, 5) is 23.5. The first-order chi connectivity index (χ1) is 20.1. The van der Waals surface area contributed by atoms with Gasteiger partial charge in [0.25, 0.3) is 0 Å². The molecule has 216 valence electrons. The van der Waals surface area contributed by atoms with Gasteiger partial charge in [-0.05, 0) is 63.0 Å². The van der Waals surface area contributed by atoms with Gasteiger partial charge in [-0.1, -0.05) is 29.8 Å². The molecule has 3 aromatic rings. The smallest absolute Gasteiger partial charge is 0.126 e. The summed E-state index contributed by atoms with van der Waals surface area (Å²) in [6.45, 7) is 16.5. The van der Waals surface area contributed by atoms with Crippen LogP contribution in [0.5, 0.6) is 0 Å². The summed E-state index contributed by atoms with van der Waals surface area (Å²) in [7, 11) is 0. The molecule has 0 unspecified atom stereocenters. The van der Waals surface area contributed by atoms with E-state index in [4.69, 9.17) is 16.6 Å². The number of benzene rings is 2. The summed E-state index contributed by atoms with van der Waals surface area (Å²) in [5, 5.41) is 5.41. The highest BCUT2D eigenvalue weighted by atomic mass is 35.5. The number of piperazine rings is 2. The van der Waals surface area contributed by atoms with Crippen LogP contribution in [-0.4, -0.2) is 104 Å². The number of aromatic nitrogens is 1. The van der Waals surface area contributed by atoms with E-state index in [1.54, 1.807) is 0 Å². The predicted molar refractivity (Wildman–Crippen MR) is 174 cm³/mol. The average molecular weight is 573 g/mol. The maximum atomic E-state index is 6.13. The number of nitrogens with zero attached hydrogens (tertiary/aromatic N) is 7. The van der Waals surface area contributed by atoms with Gasteiger partial charge in [-0.15, -0.1) is 0 Å². The normalized spacial score (nSPS) is 17.7. The summed E-state index contributed by atoms with van der Waals surface area (Å²) in [5.41, 5.74) is 4.23. The van der Waals surface area contributed by atoms with Gasteiger partial charge in [0.2, 0.25) is 0 Å².